The van der Waals surface area contributed by atoms with E-state index in [0.717, 1.165) is 16.7 Å². The van der Waals surface area contributed by atoms with Gasteiger partial charge in [0.15, 0.2) is 17.1 Å². The quantitative estimate of drug-likeness (QED) is 0.650. The Morgan fingerprint density at radius 2 is 1.90 bits per heavy atom. The Balaban J connectivity index is 1.99. The standard InChI is InChI=1S/C19H16ClF3N4O3/c1-18(2,3)14-8-15(26-30-14)25-17(29)13-7-11(28)4-5-27(13)16-12(20)6-10(9-24-16)19(21,22)23/h4-9H,1-3H3,(H,25,26,29). The molecular formula is C19H16ClF3N4O3. The zero-order valence-electron chi connectivity index (χ0n) is 16.0. The average molecular weight is 441 g/mol. The van der Waals surface area contributed by atoms with Crippen molar-refractivity contribution in [1.29, 1.82) is 0 Å². The highest BCUT2D eigenvalue weighted by Gasteiger charge is 2.32. The zero-order chi connectivity index (χ0) is 22.3. The van der Waals surface area contributed by atoms with Gasteiger partial charge in [-0.15, -0.1) is 0 Å². The van der Waals surface area contributed by atoms with E-state index in [-0.39, 0.29) is 27.8 Å². The second kappa shape index (κ2) is 7.60. The molecule has 0 aliphatic carbocycles. The maximum Gasteiger partial charge on any atom is 0.417 e. The van der Waals surface area contributed by atoms with E-state index in [9.17, 15) is 22.8 Å². The summed E-state index contributed by atoms with van der Waals surface area (Å²) in [4.78, 5) is 28.3. The maximum atomic E-state index is 12.9. The number of amides is 1. The fourth-order valence-electron chi connectivity index (χ4n) is 2.47. The van der Waals surface area contributed by atoms with E-state index in [4.69, 9.17) is 16.1 Å². The van der Waals surface area contributed by atoms with Crippen molar-refractivity contribution in [2.45, 2.75) is 32.4 Å². The number of carbonyl (C=O) groups is 1. The van der Waals surface area contributed by atoms with Crippen molar-refractivity contribution in [3.63, 3.8) is 0 Å². The number of halogens is 4. The molecule has 0 bridgehead atoms. The first-order valence-electron chi connectivity index (χ1n) is 8.60. The number of rotatable bonds is 3. The van der Waals surface area contributed by atoms with Crippen LogP contribution in [-0.4, -0.2) is 20.6 Å². The summed E-state index contributed by atoms with van der Waals surface area (Å²) in [5.74, 6) is -0.264. The van der Waals surface area contributed by atoms with Crippen LogP contribution in [0.2, 0.25) is 5.02 Å². The van der Waals surface area contributed by atoms with Crippen molar-refractivity contribution in [3.8, 4) is 5.82 Å². The lowest BCUT2D eigenvalue weighted by molar-refractivity contribution is -0.137. The monoisotopic (exact) mass is 440 g/mol. The smallest absolute Gasteiger partial charge is 0.359 e. The SMILES string of the molecule is CC(C)(C)c1cc(NC(=O)c2cc(=O)ccn2-c2ncc(C(F)(F)F)cc2Cl)no1. The fraction of sp³-hybridized carbons (Fsp3) is 0.263. The van der Waals surface area contributed by atoms with Gasteiger partial charge in [-0.3, -0.25) is 14.2 Å². The lowest BCUT2D eigenvalue weighted by Crippen LogP contribution is -2.22. The summed E-state index contributed by atoms with van der Waals surface area (Å²) >= 11 is 5.98. The van der Waals surface area contributed by atoms with Crippen molar-refractivity contribution >= 4 is 23.3 Å². The molecule has 0 spiro atoms. The third-order valence-corrected chi connectivity index (χ3v) is 4.31. The third-order valence-electron chi connectivity index (χ3n) is 4.03. The number of aromatic nitrogens is 3. The molecule has 1 amide bonds. The van der Waals surface area contributed by atoms with Gasteiger partial charge in [-0.2, -0.15) is 13.2 Å². The fourth-order valence-corrected chi connectivity index (χ4v) is 2.73. The van der Waals surface area contributed by atoms with Crippen LogP contribution < -0.4 is 10.7 Å². The summed E-state index contributed by atoms with van der Waals surface area (Å²) in [5.41, 5.74) is -2.07. The van der Waals surface area contributed by atoms with Crippen LogP contribution in [0.1, 0.15) is 42.6 Å². The van der Waals surface area contributed by atoms with E-state index in [1.165, 1.54) is 12.3 Å². The molecule has 3 rings (SSSR count). The van der Waals surface area contributed by atoms with Gasteiger partial charge in [0.1, 0.15) is 11.5 Å². The number of anilines is 1. The Kier molecular flexibility index (Phi) is 5.46. The van der Waals surface area contributed by atoms with Gasteiger partial charge < -0.3 is 9.84 Å². The summed E-state index contributed by atoms with van der Waals surface area (Å²) in [6.07, 6.45) is -2.84. The largest absolute Gasteiger partial charge is 0.417 e. The van der Waals surface area contributed by atoms with Crippen LogP contribution in [0.15, 0.2) is 46.0 Å². The van der Waals surface area contributed by atoms with Crippen LogP contribution in [-0.2, 0) is 11.6 Å². The van der Waals surface area contributed by atoms with Crippen molar-refractivity contribution < 1.29 is 22.5 Å². The highest BCUT2D eigenvalue weighted by Crippen LogP contribution is 2.32. The second-order valence-corrected chi connectivity index (χ2v) is 7.83. The van der Waals surface area contributed by atoms with Gasteiger partial charge in [-0.05, 0) is 6.07 Å². The van der Waals surface area contributed by atoms with E-state index in [0.29, 0.717) is 18.0 Å². The highest BCUT2D eigenvalue weighted by atomic mass is 35.5. The zero-order valence-corrected chi connectivity index (χ0v) is 16.8. The number of hydrogen-bond acceptors (Lipinski definition) is 5. The molecule has 0 atom stereocenters. The molecule has 0 unspecified atom stereocenters. The van der Waals surface area contributed by atoms with Gasteiger partial charge in [0.05, 0.1) is 10.6 Å². The van der Waals surface area contributed by atoms with Crippen LogP contribution in [0.25, 0.3) is 5.82 Å². The molecule has 0 fully saturated rings. The van der Waals surface area contributed by atoms with Gasteiger partial charge in [0, 0.05) is 36.0 Å². The number of nitrogens with zero attached hydrogens (tertiary/aromatic N) is 3. The van der Waals surface area contributed by atoms with Crippen LogP contribution in [0.5, 0.6) is 0 Å². The van der Waals surface area contributed by atoms with Crippen LogP contribution >= 0.6 is 11.6 Å². The molecule has 1 N–H and O–H groups in total. The molecule has 0 aliphatic rings. The predicted octanol–water partition coefficient (Wildman–Crippen LogP) is 4.44. The van der Waals surface area contributed by atoms with E-state index in [1.807, 2.05) is 20.8 Å². The van der Waals surface area contributed by atoms with E-state index < -0.39 is 23.1 Å². The minimum atomic E-state index is -4.63. The van der Waals surface area contributed by atoms with Crippen LogP contribution in [0.3, 0.4) is 0 Å². The van der Waals surface area contributed by atoms with Gasteiger partial charge in [-0.1, -0.05) is 37.5 Å². The molecule has 0 radical (unpaired) electrons. The normalized spacial score (nSPS) is 12.1. The molecular weight excluding hydrogens is 425 g/mol. The molecule has 3 aromatic rings. The van der Waals surface area contributed by atoms with Crippen molar-refractivity contribution in [2.24, 2.45) is 0 Å². The Hall–Kier alpha value is -3.14. The number of hydrogen-bond donors (Lipinski definition) is 1. The number of carbonyl (C=O) groups excluding carboxylic acids is 1. The Morgan fingerprint density at radius 1 is 1.20 bits per heavy atom. The third kappa shape index (κ3) is 4.54. The Morgan fingerprint density at radius 3 is 2.47 bits per heavy atom. The molecule has 3 heterocycles. The Bertz CT molecular complexity index is 1160. The van der Waals surface area contributed by atoms with Gasteiger partial charge in [-0.25, -0.2) is 4.98 Å². The highest BCUT2D eigenvalue weighted by molar-refractivity contribution is 6.32. The summed E-state index contributed by atoms with van der Waals surface area (Å²) < 4.78 is 44.9. The first-order valence-corrected chi connectivity index (χ1v) is 8.98. The summed E-state index contributed by atoms with van der Waals surface area (Å²) in [6, 6.07) is 4.36. The summed E-state index contributed by atoms with van der Waals surface area (Å²) in [7, 11) is 0. The summed E-state index contributed by atoms with van der Waals surface area (Å²) in [5, 5.41) is 5.91. The number of alkyl halides is 3. The van der Waals surface area contributed by atoms with Gasteiger partial charge in [0.2, 0.25) is 0 Å². The van der Waals surface area contributed by atoms with Gasteiger partial charge in [0.25, 0.3) is 5.91 Å². The molecule has 0 aliphatic heterocycles. The van der Waals surface area contributed by atoms with E-state index in [1.54, 1.807) is 0 Å². The Labute approximate surface area is 173 Å². The predicted molar refractivity (Wildman–Crippen MR) is 103 cm³/mol. The molecule has 0 saturated carbocycles. The van der Waals surface area contributed by atoms with Gasteiger partial charge >= 0.3 is 6.18 Å². The van der Waals surface area contributed by atoms with E-state index in [2.05, 4.69) is 15.5 Å². The minimum Gasteiger partial charge on any atom is -0.359 e. The van der Waals surface area contributed by atoms with Crippen molar-refractivity contribution in [2.75, 3.05) is 5.32 Å². The summed E-state index contributed by atoms with van der Waals surface area (Å²) in [6.45, 7) is 5.69. The molecule has 11 heteroatoms. The first-order chi connectivity index (χ1) is 13.9. The topological polar surface area (TPSA) is 90.0 Å². The molecule has 0 saturated heterocycles. The molecule has 7 nitrogen and oxygen atoms in total. The number of nitrogens with one attached hydrogen (secondary N) is 1. The molecule has 3 aromatic heterocycles. The lowest BCUT2D eigenvalue weighted by atomic mass is 9.93. The van der Waals surface area contributed by atoms with Crippen LogP contribution in [0.4, 0.5) is 19.0 Å². The first kappa shape index (κ1) is 21.6. The van der Waals surface area contributed by atoms with Crippen molar-refractivity contribution in [1.82, 2.24) is 14.7 Å². The molecule has 30 heavy (non-hydrogen) atoms. The van der Waals surface area contributed by atoms with Crippen LogP contribution in [0, 0.1) is 0 Å². The van der Waals surface area contributed by atoms with E-state index >= 15 is 0 Å². The second-order valence-electron chi connectivity index (χ2n) is 7.43. The number of pyridine rings is 2. The molecule has 158 valence electrons. The average Bonchev–Trinajstić information content (AvgIpc) is 3.10. The maximum absolute atomic E-state index is 12.9. The minimum absolute atomic E-state index is 0.110. The molecule has 0 aromatic carbocycles. The van der Waals surface area contributed by atoms with Crippen molar-refractivity contribution in [3.05, 3.63) is 68.9 Å². The lowest BCUT2D eigenvalue weighted by Gasteiger charge is -2.14.